The van der Waals surface area contributed by atoms with Crippen molar-refractivity contribution in [2.75, 3.05) is 21.3 Å². The number of hydrogen-bond acceptors (Lipinski definition) is 5. The molecule has 208 valence electrons. The number of nitrogens with zero attached hydrogens (tertiary/aromatic N) is 2. The second kappa shape index (κ2) is 11.4. The fraction of sp³-hybridized carbons (Fsp3) is 0.235. The molecule has 2 aliphatic rings. The summed E-state index contributed by atoms with van der Waals surface area (Å²) < 4.78 is 17.2. The molecule has 6 rings (SSSR count). The highest BCUT2D eigenvalue weighted by Crippen LogP contribution is 2.44. The molecule has 4 aromatic rings. The highest BCUT2D eigenvalue weighted by atomic mass is 16.5. The molecule has 0 radical (unpaired) electrons. The Morgan fingerprint density at radius 1 is 0.634 bits per heavy atom. The van der Waals surface area contributed by atoms with Crippen LogP contribution in [-0.2, 0) is 6.42 Å². The summed E-state index contributed by atoms with van der Waals surface area (Å²) >= 11 is 0. The van der Waals surface area contributed by atoms with E-state index in [0.29, 0.717) is 17.2 Å². The van der Waals surface area contributed by atoms with Crippen molar-refractivity contribution in [3.63, 3.8) is 0 Å². The molecule has 41 heavy (non-hydrogen) atoms. The predicted octanol–water partition coefficient (Wildman–Crippen LogP) is 8.08. The van der Waals surface area contributed by atoms with Crippen molar-refractivity contribution >= 4 is 46.4 Å². The summed E-state index contributed by atoms with van der Waals surface area (Å²) in [4.78, 5) is 17.2. The van der Waals surface area contributed by atoms with Crippen molar-refractivity contribution in [2.24, 2.45) is 0 Å². The molecule has 3 aromatic heterocycles. The largest absolute Gasteiger partial charge is 0.496 e. The Kier molecular flexibility index (Phi) is 7.33. The maximum absolute atomic E-state index is 5.86. The van der Waals surface area contributed by atoms with Gasteiger partial charge in [0.25, 0.3) is 0 Å². The lowest BCUT2D eigenvalue weighted by Crippen LogP contribution is -1.96. The third kappa shape index (κ3) is 5.23. The van der Waals surface area contributed by atoms with Crippen LogP contribution in [0.1, 0.15) is 54.5 Å². The van der Waals surface area contributed by atoms with Crippen molar-refractivity contribution < 1.29 is 14.2 Å². The van der Waals surface area contributed by atoms with Crippen LogP contribution in [0.4, 0.5) is 0 Å². The monoisotopic (exact) mass is 546 g/mol. The number of ether oxygens (including phenoxy) is 3. The summed E-state index contributed by atoms with van der Waals surface area (Å²) in [7, 11) is 4.94. The molecule has 0 saturated carbocycles. The van der Waals surface area contributed by atoms with Crippen LogP contribution in [0, 0.1) is 0 Å². The molecule has 0 aliphatic carbocycles. The molecule has 2 N–H and O–H groups in total. The minimum Gasteiger partial charge on any atom is -0.496 e. The molecule has 2 aliphatic heterocycles. The van der Waals surface area contributed by atoms with Gasteiger partial charge in [0.05, 0.1) is 49.7 Å². The predicted molar refractivity (Wildman–Crippen MR) is 167 cm³/mol. The van der Waals surface area contributed by atoms with Gasteiger partial charge in [0, 0.05) is 45.3 Å². The Morgan fingerprint density at radius 2 is 1.20 bits per heavy atom. The quantitative estimate of drug-likeness (QED) is 0.189. The number of unbranched alkanes of at least 4 members (excludes halogenated alkanes) is 2. The van der Waals surface area contributed by atoms with Gasteiger partial charge >= 0.3 is 0 Å². The molecule has 0 fully saturated rings. The Morgan fingerprint density at radius 3 is 1.68 bits per heavy atom. The second-order valence-electron chi connectivity index (χ2n) is 10.2. The number of fused-ring (bicyclic) bond motifs is 8. The first-order valence-corrected chi connectivity index (χ1v) is 14.0. The molecule has 0 saturated heterocycles. The van der Waals surface area contributed by atoms with Gasteiger partial charge in [-0.3, -0.25) is 0 Å². The van der Waals surface area contributed by atoms with Gasteiger partial charge in [-0.15, -0.1) is 0 Å². The average Bonchev–Trinajstić information content (AvgIpc) is 3.81. The van der Waals surface area contributed by atoms with E-state index in [9.17, 15) is 0 Å². The summed E-state index contributed by atoms with van der Waals surface area (Å²) in [6.07, 6.45) is 12.8. The Balaban J connectivity index is 1.67. The molecule has 0 unspecified atom stereocenters. The Bertz CT molecular complexity index is 1710. The molecule has 1 aromatic carbocycles. The van der Waals surface area contributed by atoms with Crippen LogP contribution < -0.4 is 14.2 Å². The standard InChI is InChI=1S/C34H34N4O3/c1-5-6-7-8-26-27-13-9-21(35-27)17-23-11-15-29(37-23)33(34-31(40-3)19-25(39-2)20-32(34)41-4)30-16-12-24(38-30)18-22-10-14-28(26)36-22/h9-20,37-38H,5-8H2,1-4H3. The van der Waals surface area contributed by atoms with Gasteiger partial charge in [0.15, 0.2) is 0 Å². The Labute approximate surface area is 239 Å². The maximum Gasteiger partial charge on any atom is 0.134 e. The van der Waals surface area contributed by atoms with Crippen molar-refractivity contribution in [1.29, 1.82) is 0 Å². The van der Waals surface area contributed by atoms with E-state index in [0.717, 1.165) is 68.8 Å². The second-order valence-corrected chi connectivity index (χ2v) is 10.2. The lowest BCUT2D eigenvalue weighted by Gasteiger charge is -2.15. The molecule has 0 amide bonds. The zero-order valence-electron chi connectivity index (χ0n) is 23.9. The number of benzene rings is 1. The maximum atomic E-state index is 5.86. The van der Waals surface area contributed by atoms with E-state index in [4.69, 9.17) is 24.2 Å². The van der Waals surface area contributed by atoms with E-state index < -0.39 is 0 Å². The molecular formula is C34H34N4O3. The van der Waals surface area contributed by atoms with E-state index in [1.54, 1.807) is 21.3 Å². The summed E-state index contributed by atoms with van der Waals surface area (Å²) in [6.45, 7) is 2.23. The van der Waals surface area contributed by atoms with Crippen LogP contribution in [0.3, 0.4) is 0 Å². The van der Waals surface area contributed by atoms with Gasteiger partial charge in [0.1, 0.15) is 17.2 Å². The van der Waals surface area contributed by atoms with Crippen LogP contribution >= 0.6 is 0 Å². The zero-order chi connectivity index (χ0) is 28.3. The minimum atomic E-state index is 0.640. The van der Waals surface area contributed by atoms with E-state index in [1.807, 2.05) is 12.1 Å². The first-order valence-electron chi connectivity index (χ1n) is 14.0. The van der Waals surface area contributed by atoms with E-state index >= 15 is 0 Å². The molecule has 0 atom stereocenters. The molecule has 0 spiro atoms. The number of hydrogen-bond donors (Lipinski definition) is 2. The van der Waals surface area contributed by atoms with Crippen LogP contribution in [0.15, 0.2) is 48.5 Å². The van der Waals surface area contributed by atoms with Crippen LogP contribution in [0.5, 0.6) is 17.2 Å². The molecule has 8 bridgehead atoms. The van der Waals surface area contributed by atoms with Crippen LogP contribution in [0.2, 0.25) is 0 Å². The normalized spacial score (nSPS) is 12.1. The minimum absolute atomic E-state index is 0.640. The van der Waals surface area contributed by atoms with Gasteiger partial charge in [-0.25, -0.2) is 9.97 Å². The molecule has 5 heterocycles. The topological polar surface area (TPSA) is 85.1 Å². The first-order chi connectivity index (χ1) is 20.1. The molecular weight excluding hydrogens is 512 g/mol. The number of rotatable bonds is 8. The van der Waals surface area contributed by atoms with Gasteiger partial charge in [0.2, 0.25) is 0 Å². The van der Waals surface area contributed by atoms with Gasteiger partial charge in [-0.1, -0.05) is 19.8 Å². The van der Waals surface area contributed by atoms with Crippen LogP contribution in [0.25, 0.3) is 57.5 Å². The fourth-order valence-electron chi connectivity index (χ4n) is 5.46. The number of H-pyrrole nitrogens is 2. The summed E-state index contributed by atoms with van der Waals surface area (Å²) in [5, 5.41) is 0. The van der Waals surface area contributed by atoms with Crippen molar-refractivity contribution in [3.8, 4) is 28.4 Å². The lowest BCUT2D eigenvalue weighted by atomic mass is 10.0. The van der Waals surface area contributed by atoms with Crippen molar-refractivity contribution in [3.05, 3.63) is 76.9 Å². The average molecular weight is 547 g/mol. The highest BCUT2D eigenvalue weighted by Gasteiger charge is 2.19. The summed E-state index contributed by atoms with van der Waals surface area (Å²) in [6, 6.07) is 16.2. The molecule has 7 heteroatoms. The number of nitrogens with one attached hydrogen (secondary N) is 2. The smallest absolute Gasteiger partial charge is 0.134 e. The first kappa shape index (κ1) is 26.4. The van der Waals surface area contributed by atoms with Crippen molar-refractivity contribution in [2.45, 2.75) is 32.6 Å². The fourth-order valence-corrected chi connectivity index (χ4v) is 5.46. The van der Waals surface area contributed by atoms with Gasteiger partial charge < -0.3 is 24.2 Å². The van der Waals surface area contributed by atoms with Gasteiger partial charge in [-0.05, 0) is 73.5 Å². The van der Waals surface area contributed by atoms with Gasteiger partial charge in [-0.2, -0.15) is 0 Å². The number of aromatic amines is 2. The Hall–Kier alpha value is -4.78. The van der Waals surface area contributed by atoms with E-state index in [2.05, 4.69) is 77.6 Å². The third-order valence-corrected chi connectivity index (χ3v) is 7.50. The number of methoxy groups -OCH3 is 3. The molecule has 7 nitrogen and oxygen atoms in total. The third-order valence-electron chi connectivity index (χ3n) is 7.50. The highest BCUT2D eigenvalue weighted by molar-refractivity contribution is 5.98. The van der Waals surface area contributed by atoms with E-state index in [-0.39, 0.29) is 0 Å². The summed E-state index contributed by atoms with van der Waals surface area (Å²) in [5.74, 6) is 1.93. The lowest BCUT2D eigenvalue weighted by molar-refractivity contribution is 0.377. The zero-order valence-corrected chi connectivity index (χ0v) is 23.9. The van der Waals surface area contributed by atoms with Crippen molar-refractivity contribution in [1.82, 2.24) is 19.9 Å². The summed E-state index contributed by atoms with van der Waals surface area (Å²) in [5.41, 5.74) is 10.4. The SMILES string of the molecule is CCCCCc1c2nc(cc3ccc([nH]3)c(-c3c(OC)cc(OC)cc3OC)c3ccc(cc4nc1C=C4)[nH]3)C=C2. The van der Waals surface area contributed by atoms with E-state index in [1.165, 1.54) is 18.4 Å². The number of aromatic nitrogens is 4. The van der Waals surface area contributed by atoms with Crippen LogP contribution in [-0.4, -0.2) is 41.3 Å².